The van der Waals surface area contributed by atoms with Crippen LogP contribution in [0.25, 0.3) is 0 Å². The molecule has 0 fully saturated rings. The molecule has 0 saturated carbocycles. The van der Waals surface area contributed by atoms with Crippen LogP contribution >= 0.6 is 0 Å². The highest BCUT2D eigenvalue weighted by atomic mass is 19.3. The standard InChI is InChI=1S/C22H19F2NO2/c23-22(24)27-20-14-8-7-13-19(20)25-21(26)15-18(16-9-3-1-4-10-16)17-11-5-2-6-12-17/h1-14,18,22H,15H2,(H,25,26). The molecular weight excluding hydrogens is 348 g/mol. The van der Waals surface area contributed by atoms with Crippen LogP contribution in [0.3, 0.4) is 0 Å². The lowest BCUT2D eigenvalue weighted by molar-refractivity contribution is -0.116. The van der Waals surface area contributed by atoms with Crippen LogP contribution in [-0.4, -0.2) is 12.5 Å². The number of carbonyl (C=O) groups excluding carboxylic acids is 1. The summed E-state index contributed by atoms with van der Waals surface area (Å²) in [6, 6.07) is 25.6. The monoisotopic (exact) mass is 367 g/mol. The number of hydrogen-bond acceptors (Lipinski definition) is 2. The van der Waals surface area contributed by atoms with E-state index in [0.717, 1.165) is 11.1 Å². The molecule has 3 aromatic rings. The molecule has 3 rings (SSSR count). The van der Waals surface area contributed by atoms with Crippen molar-refractivity contribution in [2.75, 3.05) is 5.32 Å². The van der Waals surface area contributed by atoms with Gasteiger partial charge in [-0.3, -0.25) is 4.79 Å². The highest BCUT2D eigenvalue weighted by Gasteiger charge is 2.19. The van der Waals surface area contributed by atoms with Crippen molar-refractivity contribution in [3.05, 3.63) is 96.1 Å². The van der Waals surface area contributed by atoms with Crippen molar-refractivity contribution in [3.8, 4) is 5.75 Å². The zero-order chi connectivity index (χ0) is 19.1. The number of carbonyl (C=O) groups is 1. The number of alkyl halides is 2. The van der Waals surface area contributed by atoms with Crippen molar-refractivity contribution in [1.82, 2.24) is 0 Å². The molecule has 138 valence electrons. The van der Waals surface area contributed by atoms with E-state index in [1.54, 1.807) is 12.1 Å². The first-order valence-electron chi connectivity index (χ1n) is 8.57. The van der Waals surface area contributed by atoms with Gasteiger partial charge in [-0.2, -0.15) is 8.78 Å². The first kappa shape index (κ1) is 18.6. The zero-order valence-electron chi connectivity index (χ0n) is 14.5. The third kappa shape index (κ3) is 5.14. The topological polar surface area (TPSA) is 38.3 Å². The molecule has 0 bridgehead atoms. The highest BCUT2D eigenvalue weighted by molar-refractivity contribution is 5.93. The molecule has 0 saturated heterocycles. The number of nitrogens with one attached hydrogen (secondary N) is 1. The maximum atomic E-state index is 12.7. The fraction of sp³-hybridized carbons (Fsp3) is 0.136. The Labute approximate surface area is 156 Å². The van der Waals surface area contributed by atoms with Crippen molar-refractivity contribution < 1.29 is 18.3 Å². The Kier molecular flexibility index (Phi) is 6.15. The minimum atomic E-state index is -2.95. The van der Waals surface area contributed by atoms with E-state index in [4.69, 9.17) is 0 Å². The molecule has 0 aliphatic carbocycles. The zero-order valence-corrected chi connectivity index (χ0v) is 14.5. The smallest absolute Gasteiger partial charge is 0.387 e. The van der Waals surface area contributed by atoms with Crippen molar-refractivity contribution >= 4 is 11.6 Å². The Morgan fingerprint density at radius 2 is 1.33 bits per heavy atom. The number of hydrogen-bond donors (Lipinski definition) is 1. The van der Waals surface area contributed by atoms with Crippen molar-refractivity contribution in [3.63, 3.8) is 0 Å². The molecule has 0 aliphatic rings. The summed E-state index contributed by atoms with van der Waals surface area (Å²) in [6.07, 6.45) is 0.178. The molecule has 5 heteroatoms. The second kappa shape index (κ2) is 8.94. The van der Waals surface area contributed by atoms with Gasteiger partial charge in [-0.05, 0) is 23.3 Å². The molecule has 0 radical (unpaired) electrons. The average Bonchev–Trinajstić information content (AvgIpc) is 2.69. The van der Waals surface area contributed by atoms with E-state index in [1.165, 1.54) is 12.1 Å². The molecule has 1 amide bonds. The Morgan fingerprint density at radius 3 is 1.89 bits per heavy atom. The summed E-state index contributed by atoms with van der Waals surface area (Å²) in [5, 5.41) is 2.69. The summed E-state index contributed by atoms with van der Waals surface area (Å²) in [5.41, 5.74) is 2.25. The Bertz CT molecular complexity index is 830. The predicted molar refractivity (Wildman–Crippen MR) is 101 cm³/mol. The first-order valence-corrected chi connectivity index (χ1v) is 8.57. The van der Waals surface area contributed by atoms with Gasteiger partial charge in [0.15, 0.2) is 0 Å². The number of para-hydroxylation sites is 2. The van der Waals surface area contributed by atoms with Crippen LogP contribution in [0.5, 0.6) is 5.75 Å². The van der Waals surface area contributed by atoms with Gasteiger partial charge in [-0.15, -0.1) is 0 Å². The normalized spacial score (nSPS) is 10.8. The number of halogens is 2. The Morgan fingerprint density at radius 1 is 0.815 bits per heavy atom. The van der Waals surface area contributed by atoms with Crippen molar-refractivity contribution in [2.24, 2.45) is 0 Å². The lowest BCUT2D eigenvalue weighted by Gasteiger charge is -2.18. The number of rotatable bonds is 7. The minimum Gasteiger partial charge on any atom is -0.433 e. The highest BCUT2D eigenvalue weighted by Crippen LogP contribution is 2.30. The number of anilines is 1. The quantitative estimate of drug-likeness (QED) is 0.603. The van der Waals surface area contributed by atoms with E-state index < -0.39 is 6.61 Å². The van der Waals surface area contributed by atoms with Crippen molar-refractivity contribution in [1.29, 1.82) is 0 Å². The lowest BCUT2D eigenvalue weighted by atomic mass is 9.88. The van der Waals surface area contributed by atoms with Crippen LogP contribution in [0.1, 0.15) is 23.5 Å². The Hall–Kier alpha value is -3.21. The maximum absolute atomic E-state index is 12.7. The third-order valence-corrected chi connectivity index (χ3v) is 4.17. The summed E-state index contributed by atoms with van der Waals surface area (Å²) < 4.78 is 29.6. The van der Waals surface area contributed by atoms with Gasteiger partial charge in [0.2, 0.25) is 5.91 Å². The molecule has 0 unspecified atom stereocenters. The van der Waals surface area contributed by atoms with Gasteiger partial charge in [0.1, 0.15) is 5.75 Å². The molecule has 3 nitrogen and oxygen atoms in total. The molecule has 0 atom stereocenters. The van der Waals surface area contributed by atoms with Gasteiger partial charge in [-0.25, -0.2) is 0 Å². The average molecular weight is 367 g/mol. The third-order valence-electron chi connectivity index (χ3n) is 4.17. The van der Waals surface area contributed by atoms with Crippen molar-refractivity contribution in [2.45, 2.75) is 19.0 Å². The molecule has 1 N–H and O–H groups in total. The molecule has 3 aromatic carbocycles. The van der Waals surface area contributed by atoms with E-state index >= 15 is 0 Å². The molecule has 0 aromatic heterocycles. The second-order valence-electron chi connectivity index (χ2n) is 6.00. The molecule has 27 heavy (non-hydrogen) atoms. The molecule has 0 aliphatic heterocycles. The van der Waals surface area contributed by atoms with Crippen LogP contribution in [0.4, 0.5) is 14.5 Å². The summed E-state index contributed by atoms with van der Waals surface area (Å²) >= 11 is 0. The van der Waals surface area contributed by atoms with Crippen LogP contribution in [0, 0.1) is 0 Å². The van der Waals surface area contributed by atoms with E-state index in [9.17, 15) is 13.6 Å². The summed E-state index contributed by atoms with van der Waals surface area (Å²) in [5.74, 6) is -0.481. The first-order chi connectivity index (χ1) is 13.1. The van der Waals surface area contributed by atoms with Crippen LogP contribution < -0.4 is 10.1 Å². The van der Waals surface area contributed by atoms with Gasteiger partial charge >= 0.3 is 6.61 Å². The van der Waals surface area contributed by atoms with Gasteiger partial charge in [0.05, 0.1) is 5.69 Å². The van der Waals surface area contributed by atoms with E-state index in [0.29, 0.717) is 0 Å². The maximum Gasteiger partial charge on any atom is 0.387 e. The number of benzene rings is 3. The summed E-state index contributed by atoms with van der Waals surface area (Å²) in [4.78, 5) is 12.7. The second-order valence-corrected chi connectivity index (χ2v) is 6.00. The predicted octanol–water partition coefficient (Wildman–Crippen LogP) is 5.45. The SMILES string of the molecule is O=C(CC(c1ccccc1)c1ccccc1)Nc1ccccc1OC(F)F. The molecule has 0 heterocycles. The summed E-state index contributed by atoms with van der Waals surface area (Å²) in [6.45, 7) is -2.95. The van der Waals surface area contributed by atoms with E-state index in [-0.39, 0.29) is 29.7 Å². The van der Waals surface area contributed by atoms with Gasteiger partial charge < -0.3 is 10.1 Å². The van der Waals surface area contributed by atoms with E-state index in [2.05, 4.69) is 10.1 Å². The summed E-state index contributed by atoms with van der Waals surface area (Å²) in [7, 11) is 0. The lowest BCUT2D eigenvalue weighted by Crippen LogP contribution is -2.17. The number of amides is 1. The fourth-order valence-corrected chi connectivity index (χ4v) is 2.95. The Balaban J connectivity index is 1.80. The number of ether oxygens (including phenoxy) is 1. The van der Waals surface area contributed by atoms with Gasteiger partial charge in [0, 0.05) is 12.3 Å². The fourth-order valence-electron chi connectivity index (χ4n) is 2.95. The van der Waals surface area contributed by atoms with Gasteiger partial charge in [-0.1, -0.05) is 72.8 Å². The molecule has 0 spiro atoms. The van der Waals surface area contributed by atoms with Gasteiger partial charge in [0.25, 0.3) is 0 Å². The van der Waals surface area contributed by atoms with Crippen LogP contribution in [-0.2, 0) is 4.79 Å². The van der Waals surface area contributed by atoms with E-state index in [1.807, 2.05) is 60.7 Å². The largest absolute Gasteiger partial charge is 0.433 e. The van der Waals surface area contributed by atoms with Crippen LogP contribution in [0.2, 0.25) is 0 Å². The molecular formula is C22H19F2NO2. The minimum absolute atomic E-state index is 0.0585. The van der Waals surface area contributed by atoms with Crippen LogP contribution in [0.15, 0.2) is 84.9 Å².